The summed E-state index contributed by atoms with van der Waals surface area (Å²) in [4.78, 5) is 0. The summed E-state index contributed by atoms with van der Waals surface area (Å²) in [5.74, 6) is 0.437. The molecular weight excluding hydrogens is 286 g/mol. The summed E-state index contributed by atoms with van der Waals surface area (Å²) >= 11 is 0. The number of benzene rings is 1. The largest absolute Gasteiger partial charge is 0.389 e. The molecule has 1 aromatic rings. The Kier molecular flexibility index (Phi) is 5.53. The molecule has 1 radical (unpaired) electrons. The fourth-order valence-corrected chi connectivity index (χ4v) is 3.39. The van der Waals surface area contributed by atoms with Gasteiger partial charge in [0.2, 0.25) is 0 Å². The summed E-state index contributed by atoms with van der Waals surface area (Å²) in [5.41, 5.74) is 3.60. The molecule has 0 spiro atoms. The van der Waals surface area contributed by atoms with Crippen molar-refractivity contribution in [3.63, 3.8) is 0 Å². The molecule has 1 aromatic carbocycles. The van der Waals surface area contributed by atoms with Gasteiger partial charge in [0.25, 0.3) is 0 Å². The first-order chi connectivity index (χ1) is 10.7. The van der Waals surface area contributed by atoms with Crippen LogP contribution in [0.25, 0.3) is 0 Å². The average molecular weight is 316 g/mol. The van der Waals surface area contributed by atoms with Gasteiger partial charge in [0, 0.05) is 17.0 Å². The van der Waals surface area contributed by atoms with Crippen molar-refractivity contribution < 1.29 is 10.2 Å². The predicted octanol–water partition coefficient (Wildman–Crippen LogP) is 4.12. The van der Waals surface area contributed by atoms with Gasteiger partial charge in [0.15, 0.2) is 0 Å². The molecule has 2 unspecified atom stereocenters. The third-order valence-electron chi connectivity index (χ3n) is 4.42. The highest BCUT2D eigenvalue weighted by Crippen LogP contribution is 2.40. The Morgan fingerprint density at radius 1 is 1.17 bits per heavy atom. The zero-order chi connectivity index (χ0) is 17.2. The molecule has 23 heavy (non-hydrogen) atoms. The van der Waals surface area contributed by atoms with Crippen molar-refractivity contribution in [1.82, 2.24) is 0 Å². The van der Waals surface area contributed by atoms with Crippen LogP contribution in [0.15, 0.2) is 35.5 Å². The molecule has 127 valence electrons. The topological polar surface area (TPSA) is 52.5 Å². The van der Waals surface area contributed by atoms with E-state index in [1.807, 2.05) is 24.3 Å². The van der Waals surface area contributed by atoms with E-state index in [0.29, 0.717) is 18.8 Å². The van der Waals surface area contributed by atoms with Gasteiger partial charge in [-0.05, 0) is 55.2 Å². The molecule has 1 aliphatic carbocycles. The van der Waals surface area contributed by atoms with Crippen LogP contribution < -0.4 is 5.32 Å². The summed E-state index contributed by atoms with van der Waals surface area (Å²) < 4.78 is 0. The van der Waals surface area contributed by atoms with E-state index in [2.05, 4.69) is 39.9 Å². The molecule has 0 heterocycles. The number of aliphatic hydroxyl groups excluding tert-OH is 2. The normalized spacial score (nSPS) is 23.9. The molecule has 0 saturated heterocycles. The third kappa shape index (κ3) is 4.82. The Bertz CT molecular complexity index is 542. The first-order valence-corrected chi connectivity index (χ1v) is 8.46. The lowest BCUT2D eigenvalue weighted by molar-refractivity contribution is 0.0347. The van der Waals surface area contributed by atoms with Crippen LogP contribution in [0.3, 0.4) is 0 Å². The van der Waals surface area contributed by atoms with E-state index in [1.54, 1.807) is 0 Å². The molecule has 0 amide bonds. The number of anilines is 1. The lowest BCUT2D eigenvalue weighted by Crippen LogP contribution is -2.39. The number of rotatable bonds is 4. The standard InChI is InChI=1S/C20H30NO2/c1-13(2)10-16(21-15-8-6-14(3)7-9-15)19-17(22)11-20(4,5)12-18(19)23/h6-9,13,17-18,21-23H,3,10-12H2,1-2,4-5H3. The van der Waals surface area contributed by atoms with Crippen molar-refractivity contribution in [3.05, 3.63) is 48.0 Å². The van der Waals surface area contributed by atoms with Crippen molar-refractivity contribution in [3.8, 4) is 0 Å². The van der Waals surface area contributed by atoms with E-state index in [9.17, 15) is 10.2 Å². The van der Waals surface area contributed by atoms with Crippen molar-refractivity contribution in [1.29, 1.82) is 0 Å². The van der Waals surface area contributed by atoms with Crippen LogP contribution in [0.2, 0.25) is 0 Å². The molecule has 0 aliphatic heterocycles. The Morgan fingerprint density at radius 3 is 2.17 bits per heavy atom. The second-order valence-corrected chi connectivity index (χ2v) is 7.96. The van der Waals surface area contributed by atoms with Crippen LogP contribution >= 0.6 is 0 Å². The minimum absolute atomic E-state index is 0.0409. The summed E-state index contributed by atoms with van der Waals surface area (Å²) in [6, 6.07) is 7.87. The summed E-state index contributed by atoms with van der Waals surface area (Å²) in [5, 5.41) is 24.7. The number of aliphatic hydroxyl groups is 2. The van der Waals surface area contributed by atoms with E-state index in [-0.39, 0.29) is 5.41 Å². The van der Waals surface area contributed by atoms with Crippen molar-refractivity contribution in [2.45, 2.75) is 59.2 Å². The third-order valence-corrected chi connectivity index (χ3v) is 4.42. The van der Waals surface area contributed by atoms with Gasteiger partial charge in [0.05, 0.1) is 12.2 Å². The predicted molar refractivity (Wildman–Crippen MR) is 96.0 cm³/mol. The minimum atomic E-state index is -0.595. The molecule has 0 bridgehead atoms. The van der Waals surface area contributed by atoms with Gasteiger partial charge in [-0.1, -0.05) is 39.8 Å². The second kappa shape index (κ2) is 7.06. The second-order valence-electron chi connectivity index (χ2n) is 7.96. The summed E-state index contributed by atoms with van der Waals surface area (Å²) in [6.07, 6.45) is 0.973. The molecule has 3 nitrogen and oxygen atoms in total. The van der Waals surface area contributed by atoms with Crippen molar-refractivity contribution >= 4 is 5.69 Å². The van der Waals surface area contributed by atoms with E-state index in [1.165, 1.54) is 0 Å². The van der Waals surface area contributed by atoms with Gasteiger partial charge < -0.3 is 15.5 Å². The lowest BCUT2D eigenvalue weighted by Gasteiger charge is -2.39. The van der Waals surface area contributed by atoms with Crippen LogP contribution in [0, 0.1) is 18.3 Å². The molecule has 2 rings (SSSR count). The number of allylic oxidation sites excluding steroid dienone is 1. The highest BCUT2D eigenvalue weighted by Gasteiger charge is 2.37. The Morgan fingerprint density at radius 2 is 1.70 bits per heavy atom. The molecule has 0 aromatic heterocycles. The van der Waals surface area contributed by atoms with Crippen LogP contribution in [0.5, 0.6) is 0 Å². The van der Waals surface area contributed by atoms with Gasteiger partial charge in [-0.25, -0.2) is 0 Å². The van der Waals surface area contributed by atoms with Crippen LogP contribution in [-0.4, -0.2) is 22.4 Å². The van der Waals surface area contributed by atoms with Crippen molar-refractivity contribution in [2.24, 2.45) is 11.3 Å². The summed E-state index contributed by atoms with van der Waals surface area (Å²) in [7, 11) is 0. The highest BCUT2D eigenvalue weighted by molar-refractivity contribution is 5.51. The smallest absolute Gasteiger partial charge is 0.0799 e. The molecule has 3 N–H and O–H groups in total. The molecule has 1 aliphatic rings. The molecule has 2 atom stereocenters. The Labute approximate surface area is 140 Å². The number of hydrogen-bond donors (Lipinski definition) is 3. The monoisotopic (exact) mass is 316 g/mol. The van der Waals surface area contributed by atoms with Crippen molar-refractivity contribution in [2.75, 3.05) is 5.32 Å². The zero-order valence-electron chi connectivity index (χ0n) is 14.8. The van der Waals surface area contributed by atoms with E-state index < -0.39 is 12.2 Å². The SMILES string of the molecule is [CH2]c1ccc(NC(CC(C)C)=C2C(O)CC(C)(C)CC2O)cc1. The first-order valence-electron chi connectivity index (χ1n) is 8.46. The van der Waals surface area contributed by atoms with E-state index >= 15 is 0 Å². The average Bonchev–Trinajstić information content (AvgIpc) is 2.38. The first kappa shape index (κ1) is 18.0. The molecule has 1 fully saturated rings. The quantitative estimate of drug-likeness (QED) is 0.783. The Balaban J connectivity index is 2.34. The van der Waals surface area contributed by atoms with Gasteiger partial charge in [-0.15, -0.1) is 0 Å². The van der Waals surface area contributed by atoms with E-state index in [4.69, 9.17) is 0 Å². The van der Waals surface area contributed by atoms with Gasteiger partial charge in [-0.2, -0.15) is 0 Å². The highest BCUT2D eigenvalue weighted by atomic mass is 16.3. The van der Waals surface area contributed by atoms with E-state index in [0.717, 1.165) is 28.9 Å². The maximum absolute atomic E-state index is 10.6. The number of nitrogens with one attached hydrogen (secondary N) is 1. The fraction of sp³-hybridized carbons (Fsp3) is 0.550. The minimum Gasteiger partial charge on any atom is -0.389 e. The maximum Gasteiger partial charge on any atom is 0.0799 e. The lowest BCUT2D eigenvalue weighted by atomic mass is 9.71. The molecular formula is C20H30NO2. The van der Waals surface area contributed by atoms with Gasteiger partial charge >= 0.3 is 0 Å². The van der Waals surface area contributed by atoms with Gasteiger partial charge in [0.1, 0.15) is 0 Å². The Hall–Kier alpha value is -1.32. The fourth-order valence-electron chi connectivity index (χ4n) is 3.39. The zero-order valence-corrected chi connectivity index (χ0v) is 14.8. The molecule has 3 heteroatoms. The van der Waals surface area contributed by atoms with Crippen LogP contribution in [0.4, 0.5) is 5.69 Å². The van der Waals surface area contributed by atoms with Crippen LogP contribution in [-0.2, 0) is 0 Å². The molecule has 1 saturated carbocycles. The van der Waals surface area contributed by atoms with Crippen LogP contribution in [0.1, 0.15) is 52.5 Å². The summed E-state index contributed by atoms with van der Waals surface area (Å²) in [6.45, 7) is 12.4. The number of hydrogen-bond acceptors (Lipinski definition) is 3. The van der Waals surface area contributed by atoms with Gasteiger partial charge in [-0.3, -0.25) is 0 Å². The maximum atomic E-state index is 10.6.